The van der Waals surface area contributed by atoms with Crippen molar-refractivity contribution in [3.8, 4) is 0 Å². The van der Waals surface area contributed by atoms with Crippen LogP contribution in [0, 0.1) is 6.92 Å². The van der Waals surface area contributed by atoms with Crippen molar-refractivity contribution in [2.75, 3.05) is 6.54 Å². The Hall–Kier alpha value is -0.910. The van der Waals surface area contributed by atoms with Crippen LogP contribution in [-0.2, 0) is 10.0 Å². The van der Waals surface area contributed by atoms with Crippen LogP contribution in [-0.4, -0.2) is 36.5 Å². The van der Waals surface area contributed by atoms with Gasteiger partial charge in [0.05, 0.1) is 11.0 Å². The molecule has 0 amide bonds. The fraction of sp³-hybridized carbons (Fsp3) is 0.571. The zero-order valence-corrected chi connectivity index (χ0v) is 12.2. The highest BCUT2D eigenvalue weighted by molar-refractivity contribution is 7.89. The molecule has 1 saturated heterocycles. The fourth-order valence-corrected chi connectivity index (χ4v) is 4.48. The molecule has 0 aromatic heterocycles. The van der Waals surface area contributed by atoms with Gasteiger partial charge in [-0.3, -0.25) is 0 Å². The highest BCUT2D eigenvalue weighted by atomic mass is 32.2. The maximum atomic E-state index is 12.6. The van der Waals surface area contributed by atoms with E-state index in [1.165, 1.54) is 0 Å². The number of aliphatic hydroxyl groups is 1. The summed E-state index contributed by atoms with van der Waals surface area (Å²) < 4.78 is 26.8. The van der Waals surface area contributed by atoms with Gasteiger partial charge in [0.1, 0.15) is 0 Å². The minimum atomic E-state index is -3.43. The van der Waals surface area contributed by atoms with Gasteiger partial charge in [-0.25, -0.2) is 8.42 Å². The Labute approximate surface area is 115 Å². The van der Waals surface area contributed by atoms with E-state index in [-0.39, 0.29) is 6.04 Å². The van der Waals surface area contributed by atoms with Crippen LogP contribution >= 0.6 is 0 Å². The third kappa shape index (κ3) is 3.16. The highest BCUT2D eigenvalue weighted by Gasteiger charge is 2.35. The smallest absolute Gasteiger partial charge is 0.243 e. The normalized spacial score (nSPS) is 22.6. The molecular formula is C14H21NO3S. The Bertz CT molecular complexity index is 539. The van der Waals surface area contributed by atoms with E-state index in [4.69, 9.17) is 0 Å². The largest absolute Gasteiger partial charge is 0.393 e. The molecule has 1 N–H and O–H groups in total. The third-order valence-electron chi connectivity index (χ3n) is 3.53. The molecule has 0 bridgehead atoms. The van der Waals surface area contributed by atoms with Gasteiger partial charge >= 0.3 is 0 Å². The van der Waals surface area contributed by atoms with Crippen LogP contribution in [0.1, 0.15) is 31.7 Å². The second-order valence-electron chi connectivity index (χ2n) is 5.31. The third-order valence-corrected chi connectivity index (χ3v) is 5.48. The fourth-order valence-electron chi connectivity index (χ4n) is 2.67. The Morgan fingerprint density at radius 1 is 1.47 bits per heavy atom. The Balaban J connectivity index is 2.28. The second kappa shape index (κ2) is 5.61. The van der Waals surface area contributed by atoms with Crippen LogP contribution in [0.15, 0.2) is 29.2 Å². The van der Waals surface area contributed by atoms with Gasteiger partial charge in [-0.15, -0.1) is 0 Å². The van der Waals surface area contributed by atoms with E-state index in [0.717, 1.165) is 18.4 Å². The van der Waals surface area contributed by atoms with Gasteiger partial charge in [0.2, 0.25) is 10.0 Å². The molecule has 19 heavy (non-hydrogen) atoms. The minimum Gasteiger partial charge on any atom is -0.393 e. The van der Waals surface area contributed by atoms with Gasteiger partial charge < -0.3 is 5.11 Å². The molecule has 1 aliphatic rings. The van der Waals surface area contributed by atoms with Crippen molar-refractivity contribution in [3.63, 3.8) is 0 Å². The summed E-state index contributed by atoms with van der Waals surface area (Å²) in [6.45, 7) is 4.14. The van der Waals surface area contributed by atoms with E-state index in [0.29, 0.717) is 17.9 Å². The standard InChI is InChI=1S/C14H21NO3S/c1-11-5-3-7-14(9-11)19(17,18)15-8-4-6-13(15)10-12(2)16/h3,5,7,9,12-13,16H,4,6,8,10H2,1-2H3. The van der Waals surface area contributed by atoms with E-state index in [1.807, 2.05) is 13.0 Å². The van der Waals surface area contributed by atoms with Gasteiger partial charge in [-0.1, -0.05) is 12.1 Å². The Kier molecular flexibility index (Phi) is 4.28. The summed E-state index contributed by atoms with van der Waals surface area (Å²) in [5, 5.41) is 9.49. The summed E-state index contributed by atoms with van der Waals surface area (Å²) in [5.74, 6) is 0. The van der Waals surface area contributed by atoms with E-state index >= 15 is 0 Å². The van der Waals surface area contributed by atoms with Gasteiger partial charge in [-0.05, 0) is 50.8 Å². The molecule has 1 aromatic rings. The number of hydrogen-bond acceptors (Lipinski definition) is 3. The summed E-state index contributed by atoms with van der Waals surface area (Å²) >= 11 is 0. The lowest BCUT2D eigenvalue weighted by molar-refractivity contribution is 0.158. The first kappa shape index (κ1) is 14.5. The summed E-state index contributed by atoms with van der Waals surface area (Å²) in [4.78, 5) is 0.352. The van der Waals surface area contributed by atoms with Crippen LogP contribution in [0.25, 0.3) is 0 Å². The number of aryl methyl sites for hydroxylation is 1. The lowest BCUT2D eigenvalue weighted by atomic mass is 10.1. The molecule has 5 heteroatoms. The number of aliphatic hydroxyl groups excluding tert-OH is 1. The first-order valence-electron chi connectivity index (χ1n) is 6.68. The summed E-state index contributed by atoms with van der Waals surface area (Å²) in [7, 11) is -3.43. The maximum absolute atomic E-state index is 12.6. The quantitative estimate of drug-likeness (QED) is 0.918. The number of sulfonamides is 1. The first-order valence-corrected chi connectivity index (χ1v) is 8.12. The average Bonchev–Trinajstić information content (AvgIpc) is 2.77. The molecule has 2 rings (SSSR count). The van der Waals surface area contributed by atoms with Crippen molar-refractivity contribution in [3.05, 3.63) is 29.8 Å². The van der Waals surface area contributed by atoms with E-state index in [9.17, 15) is 13.5 Å². The van der Waals surface area contributed by atoms with Crippen molar-refractivity contribution in [1.29, 1.82) is 0 Å². The summed E-state index contributed by atoms with van der Waals surface area (Å²) in [6.07, 6.45) is 1.72. The monoisotopic (exact) mass is 283 g/mol. The molecule has 2 unspecified atom stereocenters. The zero-order valence-electron chi connectivity index (χ0n) is 11.4. The maximum Gasteiger partial charge on any atom is 0.243 e. The van der Waals surface area contributed by atoms with E-state index in [1.54, 1.807) is 29.4 Å². The van der Waals surface area contributed by atoms with Crippen LogP contribution in [0.3, 0.4) is 0 Å². The Morgan fingerprint density at radius 3 is 2.84 bits per heavy atom. The lowest BCUT2D eigenvalue weighted by Gasteiger charge is -2.25. The van der Waals surface area contributed by atoms with Crippen molar-refractivity contribution >= 4 is 10.0 Å². The van der Waals surface area contributed by atoms with Crippen molar-refractivity contribution in [2.45, 2.75) is 50.2 Å². The number of rotatable bonds is 4. The van der Waals surface area contributed by atoms with E-state index < -0.39 is 16.1 Å². The summed E-state index contributed by atoms with van der Waals surface area (Å²) in [6, 6.07) is 6.91. The topological polar surface area (TPSA) is 57.6 Å². The molecule has 0 saturated carbocycles. The van der Waals surface area contributed by atoms with Crippen molar-refractivity contribution in [1.82, 2.24) is 4.31 Å². The van der Waals surface area contributed by atoms with Gasteiger partial charge in [0.15, 0.2) is 0 Å². The molecule has 1 aliphatic heterocycles. The van der Waals surface area contributed by atoms with E-state index in [2.05, 4.69) is 0 Å². The predicted molar refractivity (Wildman–Crippen MR) is 74.4 cm³/mol. The number of nitrogens with zero attached hydrogens (tertiary/aromatic N) is 1. The second-order valence-corrected chi connectivity index (χ2v) is 7.20. The van der Waals surface area contributed by atoms with Crippen LogP contribution in [0.5, 0.6) is 0 Å². The molecule has 1 heterocycles. The van der Waals surface area contributed by atoms with Gasteiger partial charge in [0, 0.05) is 12.6 Å². The lowest BCUT2D eigenvalue weighted by Crippen LogP contribution is -2.37. The summed E-state index contributed by atoms with van der Waals surface area (Å²) in [5.41, 5.74) is 0.937. The molecule has 1 fully saturated rings. The van der Waals surface area contributed by atoms with Crippen molar-refractivity contribution in [2.24, 2.45) is 0 Å². The number of benzene rings is 1. The highest BCUT2D eigenvalue weighted by Crippen LogP contribution is 2.28. The molecule has 2 atom stereocenters. The first-order chi connectivity index (χ1) is 8.91. The average molecular weight is 283 g/mol. The zero-order chi connectivity index (χ0) is 14.0. The molecular weight excluding hydrogens is 262 g/mol. The van der Waals surface area contributed by atoms with Crippen LogP contribution in [0.4, 0.5) is 0 Å². The van der Waals surface area contributed by atoms with Gasteiger partial charge in [0.25, 0.3) is 0 Å². The number of hydrogen-bond donors (Lipinski definition) is 1. The molecule has 1 aromatic carbocycles. The predicted octanol–water partition coefficient (Wildman–Crippen LogP) is 1.92. The molecule has 4 nitrogen and oxygen atoms in total. The minimum absolute atomic E-state index is 0.0782. The molecule has 0 spiro atoms. The van der Waals surface area contributed by atoms with Gasteiger partial charge in [-0.2, -0.15) is 4.31 Å². The Morgan fingerprint density at radius 2 is 2.21 bits per heavy atom. The van der Waals surface area contributed by atoms with Crippen LogP contribution in [0.2, 0.25) is 0 Å². The van der Waals surface area contributed by atoms with Crippen LogP contribution < -0.4 is 0 Å². The SMILES string of the molecule is Cc1cccc(S(=O)(=O)N2CCCC2CC(C)O)c1. The molecule has 106 valence electrons. The molecule has 0 aliphatic carbocycles. The molecule has 0 radical (unpaired) electrons. The van der Waals surface area contributed by atoms with Crippen molar-refractivity contribution < 1.29 is 13.5 Å².